The van der Waals surface area contributed by atoms with Crippen LogP contribution in [0.3, 0.4) is 0 Å². The van der Waals surface area contributed by atoms with Crippen molar-refractivity contribution in [1.29, 1.82) is 0 Å². The van der Waals surface area contributed by atoms with Crippen molar-refractivity contribution < 1.29 is 9.47 Å². The average Bonchev–Trinajstić information content (AvgIpc) is 2.47. The zero-order valence-corrected chi connectivity index (χ0v) is 12.1. The molecule has 0 aliphatic carbocycles. The summed E-state index contributed by atoms with van der Waals surface area (Å²) in [5, 5.41) is 0.731. The van der Waals surface area contributed by atoms with E-state index in [0.717, 1.165) is 22.3 Å². The number of nitrogen functional groups attached to an aromatic ring is 1. The number of hydrogen-bond donors (Lipinski definition) is 1. The Hall–Kier alpha value is -1.95. The number of hydrogen-bond acceptors (Lipinski definition) is 6. The van der Waals surface area contributed by atoms with Gasteiger partial charge < -0.3 is 15.2 Å². The third-order valence-corrected chi connectivity index (χ3v) is 3.38. The highest BCUT2D eigenvalue weighted by Gasteiger charge is 2.05. The first kappa shape index (κ1) is 14.5. The molecule has 0 aliphatic rings. The lowest BCUT2D eigenvalue weighted by Gasteiger charge is -2.11. The van der Waals surface area contributed by atoms with E-state index in [1.165, 1.54) is 11.8 Å². The summed E-state index contributed by atoms with van der Waals surface area (Å²) in [6.07, 6.45) is 3.21. The maximum atomic E-state index is 5.72. The molecule has 0 spiro atoms. The van der Waals surface area contributed by atoms with Crippen molar-refractivity contribution >= 4 is 17.6 Å². The predicted octanol–water partition coefficient (Wildman–Crippen LogP) is 2.63. The Bertz CT molecular complexity index is 551. The number of aromatic nitrogens is 2. The number of para-hydroxylation sites is 2. The van der Waals surface area contributed by atoms with E-state index in [1.807, 2.05) is 31.2 Å². The number of nitrogens with zero attached hydrogens (tertiary/aromatic N) is 2. The third-order valence-electron chi connectivity index (χ3n) is 2.42. The van der Waals surface area contributed by atoms with Gasteiger partial charge >= 0.3 is 0 Å². The first-order chi connectivity index (χ1) is 9.81. The summed E-state index contributed by atoms with van der Waals surface area (Å²) in [6, 6.07) is 7.64. The normalized spacial score (nSPS) is 10.2. The Balaban J connectivity index is 1.83. The van der Waals surface area contributed by atoms with E-state index in [4.69, 9.17) is 15.2 Å². The van der Waals surface area contributed by atoms with E-state index >= 15 is 0 Å². The Kier molecular flexibility index (Phi) is 5.49. The molecule has 6 heteroatoms. The minimum Gasteiger partial charge on any atom is -0.490 e. The van der Waals surface area contributed by atoms with E-state index < -0.39 is 0 Å². The Morgan fingerprint density at radius 3 is 2.50 bits per heavy atom. The Morgan fingerprint density at radius 2 is 1.80 bits per heavy atom. The lowest BCUT2D eigenvalue weighted by Crippen LogP contribution is -2.03. The van der Waals surface area contributed by atoms with E-state index in [-0.39, 0.29) is 0 Å². The number of ether oxygens (including phenoxy) is 2. The van der Waals surface area contributed by atoms with Gasteiger partial charge in [-0.3, -0.25) is 0 Å². The largest absolute Gasteiger partial charge is 0.490 e. The molecule has 5 nitrogen and oxygen atoms in total. The third kappa shape index (κ3) is 4.03. The van der Waals surface area contributed by atoms with Crippen LogP contribution in [0.5, 0.6) is 11.5 Å². The molecule has 1 heterocycles. The van der Waals surface area contributed by atoms with Crippen LogP contribution in [0.1, 0.15) is 6.92 Å². The van der Waals surface area contributed by atoms with E-state index in [2.05, 4.69) is 9.97 Å². The first-order valence-electron chi connectivity index (χ1n) is 6.35. The lowest BCUT2D eigenvalue weighted by atomic mass is 10.3. The fourth-order valence-electron chi connectivity index (χ4n) is 1.58. The van der Waals surface area contributed by atoms with Crippen LogP contribution in [0.15, 0.2) is 41.7 Å². The van der Waals surface area contributed by atoms with Gasteiger partial charge in [0.15, 0.2) is 17.3 Å². The second-order valence-electron chi connectivity index (χ2n) is 3.82. The number of nitrogens with two attached hydrogens (primary N) is 1. The molecule has 0 amide bonds. The van der Waals surface area contributed by atoms with Crippen LogP contribution in [0, 0.1) is 0 Å². The zero-order valence-electron chi connectivity index (χ0n) is 11.3. The first-order valence-corrected chi connectivity index (χ1v) is 7.33. The number of benzene rings is 1. The maximum Gasteiger partial charge on any atom is 0.161 e. The molecule has 2 aromatic rings. The predicted molar refractivity (Wildman–Crippen MR) is 80.3 cm³/mol. The van der Waals surface area contributed by atoms with Crippen molar-refractivity contribution in [3.05, 3.63) is 36.7 Å². The van der Waals surface area contributed by atoms with Gasteiger partial charge in [-0.05, 0) is 19.1 Å². The van der Waals surface area contributed by atoms with Crippen molar-refractivity contribution in [2.24, 2.45) is 0 Å². The number of thioether (sulfide) groups is 1. The highest BCUT2D eigenvalue weighted by atomic mass is 32.2. The van der Waals surface area contributed by atoms with E-state index in [0.29, 0.717) is 19.0 Å². The van der Waals surface area contributed by atoms with Crippen molar-refractivity contribution in [3.8, 4) is 11.5 Å². The molecule has 0 bridgehead atoms. The fraction of sp³-hybridized carbons (Fsp3) is 0.286. The monoisotopic (exact) mass is 291 g/mol. The molecule has 0 atom stereocenters. The summed E-state index contributed by atoms with van der Waals surface area (Å²) < 4.78 is 11.2. The van der Waals surface area contributed by atoms with Gasteiger partial charge in [-0.25, -0.2) is 9.97 Å². The van der Waals surface area contributed by atoms with Crippen molar-refractivity contribution in [2.75, 3.05) is 24.7 Å². The Morgan fingerprint density at radius 1 is 1.10 bits per heavy atom. The van der Waals surface area contributed by atoms with Gasteiger partial charge in [-0.1, -0.05) is 23.9 Å². The second kappa shape index (κ2) is 7.59. The van der Waals surface area contributed by atoms with Gasteiger partial charge in [0.25, 0.3) is 0 Å². The highest BCUT2D eigenvalue weighted by Crippen LogP contribution is 2.27. The smallest absolute Gasteiger partial charge is 0.161 e. The van der Waals surface area contributed by atoms with Crippen LogP contribution in [-0.4, -0.2) is 28.9 Å². The van der Waals surface area contributed by atoms with E-state index in [9.17, 15) is 0 Å². The molecule has 20 heavy (non-hydrogen) atoms. The summed E-state index contributed by atoms with van der Waals surface area (Å²) in [6.45, 7) is 3.11. The molecular weight excluding hydrogens is 274 g/mol. The van der Waals surface area contributed by atoms with Gasteiger partial charge in [-0.15, -0.1) is 0 Å². The van der Waals surface area contributed by atoms with Crippen molar-refractivity contribution in [3.63, 3.8) is 0 Å². The van der Waals surface area contributed by atoms with Gasteiger partial charge in [0.2, 0.25) is 0 Å². The van der Waals surface area contributed by atoms with E-state index in [1.54, 1.807) is 12.4 Å². The molecule has 0 fully saturated rings. The molecule has 1 aromatic heterocycles. The lowest BCUT2D eigenvalue weighted by molar-refractivity contribution is 0.289. The van der Waals surface area contributed by atoms with Gasteiger partial charge in [0.1, 0.15) is 5.03 Å². The molecule has 0 aliphatic heterocycles. The molecular formula is C14H17N3O2S. The minimum atomic E-state index is 0.451. The molecule has 0 radical (unpaired) electrons. The Labute approximate surface area is 122 Å². The van der Waals surface area contributed by atoms with Gasteiger partial charge in [-0.2, -0.15) is 0 Å². The number of rotatable bonds is 7. The average molecular weight is 291 g/mol. The van der Waals surface area contributed by atoms with Crippen molar-refractivity contribution in [2.45, 2.75) is 11.9 Å². The molecule has 2 rings (SSSR count). The standard InChI is InChI=1S/C14H17N3O2S/c1-2-18-11-5-3-4-6-12(11)19-9-10-20-14-13(15)16-7-8-17-14/h3-8H,2,9-10H2,1H3,(H2,15,16). The van der Waals surface area contributed by atoms with Crippen LogP contribution < -0.4 is 15.2 Å². The van der Waals surface area contributed by atoms with Crippen LogP contribution in [0.2, 0.25) is 0 Å². The second-order valence-corrected chi connectivity index (χ2v) is 4.91. The summed E-state index contributed by atoms with van der Waals surface area (Å²) in [5.41, 5.74) is 5.72. The summed E-state index contributed by atoms with van der Waals surface area (Å²) in [5.74, 6) is 2.71. The SMILES string of the molecule is CCOc1ccccc1OCCSc1nccnc1N. The molecule has 0 saturated heterocycles. The quantitative estimate of drug-likeness (QED) is 0.624. The highest BCUT2D eigenvalue weighted by molar-refractivity contribution is 7.99. The maximum absolute atomic E-state index is 5.72. The van der Waals surface area contributed by atoms with Gasteiger partial charge in [0, 0.05) is 18.1 Å². The van der Waals surface area contributed by atoms with Crippen LogP contribution in [0.25, 0.3) is 0 Å². The minimum absolute atomic E-state index is 0.451. The van der Waals surface area contributed by atoms with Gasteiger partial charge in [0.05, 0.1) is 13.2 Å². The molecule has 2 N–H and O–H groups in total. The molecule has 1 aromatic carbocycles. The van der Waals surface area contributed by atoms with Crippen molar-refractivity contribution in [1.82, 2.24) is 9.97 Å². The zero-order chi connectivity index (χ0) is 14.2. The summed E-state index contributed by atoms with van der Waals surface area (Å²) in [4.78, 5) is 8.15. The topological polar surface area (TPSA) is 70.3 Å². The number of anilines is 1. The fourth-order valence-corrected chi connectivity index (χ4v) is 2.28. The summed E-state index contributed by atoms with van der Waals surface area (Å²) in [7, 11) is 0. The summed E-state index contributed by atoms with van der Waals surface area (Å²) >= 11 is 1.52. The van der Waals surface area contributed by atoms with Crippen LogP contribution in [0.4, 0.5) is 5.82 Å². The molecule has 106 valence electrons. The van der Waals surface area contributed by atoms with Crippen LogP contribution in [-0.2, 0) is 0 Å². The molecule has 0 unspecified atom stereocenters. The van der Waals surface area contributed by atoms with Crippen LogP contribution >= 0.6 is 11.8 Å². The molecule has 0 saturated carbocycles.